The Morgan fingerprint density at radius 1 is 1.11 bits per heavy atom. The second-order valence-corrected chi connectivity index (χ2v) is 6.01. The summed E-state index contributed by atoms with van der Waals surface area (Å²) in [5, 5.41) is 0. The minimum absolute atomic E-state index is 0.986. The number of sulfone groups is 1. The van der Waals surface area contributed by atoms with Crippen molar-refractivity contribution in [2.24, 2.45) is 0 Å². The monoisotopic (exact) mass is 276 g/mol. The highest BCUT2D eigenvalue weighted by atomic mass is 32.2. The van der Waals surface area contributed by atoms with Gasteiger partial charge >= 0.3 is 0 Å². The van der Waals surface area contributed by atoms with Crippen molar-refractivity contribution in [3.63, 3.8) is 0 Å². The second-order valence-electron chi connectivity index (χ2n) is 4.19. The lowest BCUT2D eigenvalue weighted by atomic mass is 10.1. The van der Waals surface area contributed by atoms with E-state index >= 15 is 0 Å². The summed E-state index contributed by atoms with van der Waals surface area (Å²) < 4.78 is 68.0. The lowest BCUT2D eigenvalue weighted by Crippen LogP contribution is -2.31. The molecule has 0 aliphatic carbocycles. The SMILES string of the molecule is C#CC(C)(C)Oc1c(F)c(F)c2c(F)c1S2(=O)=O. The van der Waals surface area contributed by atoms with Gasteiger partial charge in [-0.2, -0.15) is 4.39 Å². The third kappa shape index (κ3) is 1.42. The van der Waals surface area contributed by atoms with Crippen molar-refractivity contribution in [1.82, 2.24) is 0 Å². The molecular formula is C11H7F3O3S. The number of hydrogen-bond acceptors (Lipinski definition) is 3. The van der Waals surface area contributed by atoms with Gasteiger partial charge in [0.25, 0.3) is 0 Å². The molecule has 2 aliphatic heterocycles. The van der Waals surface area contributed by atoms with E-state index in [4.69, 9.17) is 11.2 Å². The van der Waals surface area contributed by atoms with Crippen molar-refractivity contribution in [3.8, 4) is 18.1 Å². The summed E-state index contributed by atoms with van der Waals surface area (Å²) >= 11 is 0. The number of ether oxygens (including phenoxy) is 1. The van der Waals surface area contributed by atoms with Gasteiger partial charge in [0.05, 0.1) is 0 Å². The van der Waals surface area contributed by atoms with Crippen LogP contribution in [0.1, 0.15) is 13.8 Å². The zero-order valence-electron chi connectivity index (χ0n) is 9.34. The summed E-state index contributed by atoms with van der Waals surface area (Å²) in [6.07, 6.45) is 5.08. The van der Waals surface area contributed by atoms with Crippen LogP contribution in [-0.4, -0.2) is 14.0 Å². The van der Waals surface area contributed by atoms with Gasteiger partial charge in [0.15, 0.2) is 27.9 Å². The van der Waals surface area contributed by atoms with E-state index in [-0.39, 0.29) is 0 Å². The van der Waals surface area contributed by atoms with E-state index < -0.39 is 48.4 Å². The molecule has 18 heavy (non-hydrogen) atoms. The number of benzene rings is 1. The van der Waals surface area contributed by atoms with Crippen LogP contribution in [0.4, 0.5) is 13.2 Å². The second kappa shape index (κ2) is 3.42. The molecule has 0 amide bonds. The molecule has 7 heteroatoms. The highest BCUT2D eigenvalue weighted by Gasteiger charge is 2.48. The van der Waals surface area contributed by atoms with Gasteiger partial charge in [0.1, 0.15) is 4.90 Å². The molecule has 0 saturated heterocycles. The molecule has 1 aromatic rings. The maximum absolute atomic E-state index is 13.5. The fourth-order valence-corrected chi connectivity index (χ4v) is 2.93. The largest absolute Gasteiger partial charge is 0.470 e. The topological polar surface area (TPSA) is 43.4 Å². The first kappa shape index (κ1) is 12.8. The lowest BCUT2D eigenvalue weighted by molar-refractivity contribution is 0.152. The first-order chi connectivity index (χ1) is 8.13. The van der Waals surface area contributed by atoms with Crippen LogP contribution < -0.4 is 4.74 Å². The Hall–Kier alpha value is -1.68. The Kier molecular flexibility index (Phi) is 2.42. The highest BCUT2D eigenvalue weighted by Crippen LogP contribution is 2.48. The molecule has 3 nitrogen and oxygen atoms in total. The van der Waals surface area contributed by atoms with Gasteiger partial charge in [-0.25, -0.2) is 17.2 Å². The fourth-order valence-electron chi connectivity index (χ4n) is 1.51. The molecule has 3 rings (SSSR count). The van der Waals surface area contributed by atoms with E-state index in [0.29, 0.717) is 0 Å². The molecule has 2 aliphatic rings. The number of fused-ring (bicyclic) bond motifs is 2. The van der Waals surface area contributed by atoms with Crippen molar-refractivity contribution < 1.29 is 26.3 Å². The van der Waals surface area contributed by atoms with Crippen LogP contribution in [0.15, 0.2) is 9.79 Å². The maximum Gasteiger partial charge on any atom is 0.219 e. The zero-order chi connectivity index (χ0) is 13.9. The van der Waals surface area contributed by atoms with Crippen LogP contribution in [0.25, 0.3) is 0 Å². The summed E-state index contributed by atoms with van der Waals surface area (Å²) in [4.78, 5) is -2.25. The Bertz CT molecular complexity index is 699. The predicted molar refractivity (Wildman–Crippen MR) is 55.3 cm³/mol. The number of halogens is 3. The number of terminal acetylenes is 1. The Balaban J connectivity index is 2.71. The minimum Gasteiger partial charge on any atom is -0.470 e. The molecular weight excluding hydrogens is 269 g/mol. The third-order valence-electron chi connectivity index (χ3n) is 2.44. The van der Waals surface area contributed by atoms with E-state index in [1.165, 1.54) is 13.8 Å². The van der Waals surface area contributed by atoms with Crippen molar-refractivity contribution in [2.45, 2.75) is 29.2 Å². The summed E-state index contributed by atoms with van der Waals surface area (Å²) in [7, 11) is -4.31. The van der Waals surface area contributed by atoms with Gasteiger partial charge in [-0.1, -0.05) is 5.92 Å². The first-order valence-electron chi connectivity index (χ1n) is 4.76. The Labute approximate surface area is 101 Å². The number of hydrogen-bond donors (Lipinski definition) is 0. The van der Waals surface area contributed by atoms with Crippen LogP contribution >= 0.6 is 0 Å². The van der Waals surface area contributed by atoms with Gasteiger partial charge in [0.2, 0.25) is 15.7 Å². The zero-order valence-corrected chi connectivity index (χ0v) is 10.2. The maximum atomic E-state index is 13.5. The van der Waals surface area contributed by atoms with Crippen molar-refractivity contribution >= 4 is 9.84 Å². The first-order valence-corrected chi connectivity index (χ1v) is 6.24. The molecule has 0 unspecified atom stereocenters. The van der Waals surface area contributed by atoms with Gasteiger partial charge in [-0.3, -0.25) is 0 Å². The van der Waals surface area contributed by atoms with E-state index in [1.54, 1.807) is 0 Å². The molecule has 0 N–H and O–H groups in total. The van der Waals surface area contributed by atoms with Gasteiger partial charge in [0, 0.05) is 0 Å². The summed E-state index contributed by atoms with van der Waals surface area (Å²) in [5.74, 6) is -3.59. The van der Waals surface area contributed by atoms with Crippen molar-refractivity contribution in [1.29, 1.82) is 0 Å². The summed E-state index contributed by atoms with van der Waals surface area (Å²) in [6.45, 7) is 2.66. The Morgan fingerprint density at radius 2 is 1.67 bits per heavy atom. The summed E-state index contributed by atoms with van der Waals surface area (Å²) in [5.41, 5.74) is -1.40. The lowest BCUT2D eigenvalue weighted by Gasteiger charge is -2.27. The molecule has 96 valence electrons. The van der Waals surface area contributed by atoms with E-state index in [0.717, 1.165) is 0 Å². The molecule has 0 aromatic heterocycles. The smallest absolute Gasteiger partial charge is 0.219 e. The predicted octanol–water partition coefficient (Wildman–Crippen LogP) is 2.04. The minimum atomic E-state index is -4.31. The van der Waals surface area contributed by atoms with Crippen LogP contribution in [-0.2, 0) is 9.84 Å². The van der Waals surface area contributed by atoms with Crippen LogP contribution in [0, 0.1) is 29.8 Å². The molecule has 0 spiro atoms. The van der Waals surface area contributed by atoms with Crippen LogP contribution in [0.5, 0.6) is 5.75 Å². The normalized spacial score (nSPS) is 15.8. The molecule has 2 heterocycles. The Morgan fingerprint density at radius 3 is 2.11 bits per heavy atom. The standard InChI is InChI=1S/C11H7F3O3S/c1-4-11(2,3)17-8-5(12)6(13)9-7(14)10(8)18(9,15)16/h1H,2-3H3. The molecule has 0 radical (unpaired) electrons. The molecule has 0 fully saturated rings. The van der Waals surface area contributed by atoms with Crippen LogP contribution in [0.2, 0.25) is 0 Å². The van der Waals surface area contributed by atoms with E-state index in [9.17, 15) is 21.6 Å². The quantitative estimate of drug-likeness (QED) is 0.622. The third-order valence-corrected chi connectivity index (χ3v) is 4.24. The van der Waals surface area contributed by atoms with Gasteiger partial charge in [-0.05, 0) is 13.8 Å². The fraction of sp³-hybridized carbons (Fsp3) is 0.273. The average Bonchev–Trinajstić information content (AvgIpc) is 2.24. The molecule has 2 bridgehead atoms. The van der Waals surface area contributed by atoms with Crippen LogP contribution in [0.3, 0.4) is 0 Å². The average molecular weight is 276 g/mol. The highest BCUT2D eigenvalue weighted by molar-refractivity contribution is 7.92. The van der Waals surface area contributed by atoms with Crippen molar-refractivity contribution in [3.05, 3.63) is 17.5 Å². The van der Waals surface area contributed by atoms with E-state index in [1.807, 2.05) is 0 Å². The van der Waals surface area contributed by atoms with Gasteiger partial charge < -0.3 is 4.74 Å². The molecule has 0 saturated carbocycles. The molecule has 1 aromatic carbocycles. The molecule has 0 atom stereocenters. The van der Waals surface area contributed by atoms with E-state index in [2.05, 4.69) is 5.92 Å². The van der Waals surface area contributed by atoms with Crippen molar-refractivity contribution in [2.75, 3.05) is 0 Å². The van der Waals surface area contributed by atoms with Gasteiger partial charge in [-0.15, -0.1) is 6.42 Å². The summed E-state index contributed by atoms with van der Waals surface area (Å²) in [6, 6.07) is 0. The number of rotatable bonds is 2.